The van der Waals surface area contributed by atoms with Crippen LogP contribution in [0, 0.1) is 0 Å². The summed E-state index contributed by atoms with van der Waals surface area (Å²) in [6.45, 7) is 3.79. The number of nitrogens with zero attached hydrogens (tertiary/aromatic N) is 8. The van der Waals surface area contributed by atoms with Crippen LogP contribution in [0.5, 0.6) is 0 Å². The van der Waals surface area contributed by atoms with E-state index in [0.29, 0.717) is 25.3 Å². The molecule has 0 aromatic carbocycles. The molecular formula is C43H59N17O8. The van der Waals surface area contributed by atoms with Gasteiger partial charge in [-0.05, 0) is 37.9 Å². The number of aromatic nitrogens is 8. The highest BCUT2D eigenvalue weighted by molar-refractivity contribution is 6.04. The van der Waals surface area contributed by atoms with Crippen molar-refractivity contribution in [2.75, 3.05) is 54.0 Å². The van der Waals surface area contributed by atoms with Gasteiger partial charge in [0, 0.05) is 117 Å². The first kappa shape index (κ1) is 50.9. The number of aryl methyl sites for hydroxylation is 5. The first-order valence-electron chi connectivity index (χ1n) is 22.0. The van der Waals surface area contributed by atoms with Gasteiger partial charge in [0.1, 0.15) is 11.4 Å². The Bertz CT molecular complexity index is 2610. The van der Waals surface area contributed by atoms with Gasteiger partial charge in [0.2, 0.25) is 29.4 Å². The second-order valence-electron chi connectivity index (χ2n) is 15.7. The molecule has 0 aliphatic heterocycles. The number of nitrogens with two attached hydrogens (primary N) is 1. The van der Waals surface area contributed by atoms with Gasteiger partial charge in [-0.2, -0.15) is 0 Å². The van der Waals surface area contributed by atoms with Crippen LogP contribution in [0.15, 0.2) is 49.3 Å². The maximum Gasteiger partial charge on any atom is 0.291 e. The zero-order valence-electron chi connectivity index (χ0n) is 38.7. The maximum absolute atomic E-state index is 13.2. The average molecular weight is 942 g/mol. The molecule has 0 unspecified atom stereocenters. The lowest BCUT2D eigenvalue weighted by molar-refractivity contribution is -0.121. The first-order valence-corrected chi connectivity index (χ1v) is 22.0. The van der Waals surface area contributed by atoms with E-state index in [-0.39, 0.29) is 91.0 Å². The molecule has 8 amide bonds. The number of nitrogens with one attached hydrogen (secondary N) is 8. The van der Waals surface area contributed by atoms with Gasteiger partial charge < -0.3 is 71.1 Å². The Morgan fingerprint density at radius 2 is 1.01 bits per heavy atom. The van der Waals surface area contributed by atoms with Crippen molar-refractivity contribution >= 4 is 70.3 Å². The SMILES string of the molecule is CCCNC(=O)CCNC(=O)c1nc(NC(=O)CCNC(=O)c2cc(NC(=O)c3nc(NC(=O)CCNC(=O)c4cc(NC(=O)c5nccn5CCCCCN)cn4C)cn3C)cn2C)cn1C. The number of unbranched alkanes of at least 4 members (excludes halogenated alkanes) is 2. The second kappa shape index (κ2) is 24.4. The highest BCUT2D eigenvalue weighted by Gasteiger charge is 2.21. The van der Waals surface area contributed by atoms with Crippen molar-refractivity contribution in [3.63, 3.8) is 0 Å². The molecule has 10 N–H and O–H groups in total. The van der Waals surface area contributed by atoms with Gasteiger partial charge in [-0.1, -0.05) is 13.3 Å². The smallest absolute Gasteiger partial charge is 0.291 e. The molecule has 68 heavy (non-hydrogen) atoms. The molecule has 0 bridgehead atoms. The summed E-state index contributed by atoms with van der Waals surface area (Å²) in [6.07, 6.45) is 12.7. The minimum Gasteiger partial charge on any atom is -0.356 e. The summed E-state index contributed by atoms with van der Waals surface area (Å²) in [5.41, 5.74) is 6.69. The fourth-order valence-corrected chi connectivity index (χ4v) is 6.76. The lowest BCUT2D eigenvalue weighted by atomic mass is 10.2. The molecule has 0 saturated carbocycles. The molecule has 25 heteroatoms. The topological polar surface area (TPSA) is 322 Å². The highest BCUT2D eigenvalue weighted by atomic mass is 16.2. The molecule has 0 atom stereocenters. The molecule has 5 aromatic heterocycles. The van der Waals surface area contributed by atoms with Gasteiger partial charge >= 0.3 is 0 Å². The summed E-state index contributed by atoms with van der Waals surface area (Å²) in [5, 5.41) is 21.4. The summed E-state index contributed by atoms with van der Waals surface area (Å²) < 4.78 is 7.66. The standard InChI is InChI=1S/C43H59N17O8/c1-6-14-45-33(61)10-15-49-41(66)37-54-31(25-58(37)4)52-34(62)11-16-48-40(65)30-22-28(24-57(30)3)51-43(68)38-55-32(26-59(38)5)53-35(63)12-17-47-39(64)29-21-27(23-56(29)2)50-42(67)36-46-18-20-60(36)19-9-7-8-13-44/h18,20-26H,6-17,19,44H2,1-5H3,(H,45,61)(H,47,64)(H,48,65)(H,49,66)(H,50,67)(H,51,68)(H,52,62)(H,53,63). The third kappa shape index (κ3) is 14.5. The zero-order valence-corrected chi connectivity index (χ0v) is 38.7. The predicted molar refractivity (Wildman–Crippen MR) is 250 cm³/mol. The summed E-state index contributed by atoms with van der Waals surface area (Å²) in [4.78, 5) is 114. The lowest BCUT2D eigenvalue weighted by Crippen LogP contribution is -2.32. The number of carbonyl (C=O) groups excluding carboxylic acids is 8. The molecule has 5 rings (SSSR count). The van der Waals surface area contributed by atoms with Crippen molar-refractivity contribution in [1.29, 1.82) is 0 Å². The van der Waals surface area contributed by atoms with Crippen LogP contribution < -0.4 is 48.3 Å². The van der Waals surface area contributed by atoms with Crippen LogP contribution in [0.1, 0.15) is 105 Å². The van der Waals surface area contributed by atoms with E-state index < -0.39 is 41.4 Å². The van der Waals surface area contributed by atoms with Crippen molar-refractivity contribution in [3.8, 4) is 0 Å². The second-order valence-corrected chi connectivity index (χ2v) is 15.7. The van der Waals surface area contributed by atoms with Crippen LogP contribution in [-0.4, -0.2) is 118 Å². The zero-order chi connectivity index (χ0) is 49.3. The van der Waals surface area contributed by atoms with E-state index in [1.165, 1.54) is 44.4 Å². The van der Waals surface area contributed by atoms with Crippen molar-refractivity contribution < 1.29 is 38.4 Å². The number of anilines is 4. The molecule has 25 nitrogen and oxygen atoms in total. The highest BCUT2D eigenvalue weighted by Crippen LogP contribution is 2.17. The fraction of sp³-hybridized carbons (Fsp3) is 0.419. The van der Waals surface area contributed by atoms with Gasteiger partial charge in [0.15, 0.2) is 17.5 Å². The molecule has 0 aliphatic rings. The predicted octanol–water partition coefficient (Wildman–Crippen LogP) is 0.824. The number of rotatable bonds is 25. The van der Waals surface area contributed by atoms with Gasteiger partial charge in [0.25, 0.3) is 29.5 Å². The Morgan fingerprint density at radius 1 is 0.529 bits per heavy atom. The quantitative estimate of drug-likeness (QED) is 0.0368. The number of imidazole rings is 3. The minimum atomic E-state index is -0.624. The van der Waals surface area contributed by atoms with Crippen LogP contribution in [0.2, 0.25) is 0 Å². The fourth-order valence-electron chi connectivity index (χ4n) is 6.76. The maximum atomic E-state index is 13.2. The largest absolute Gasteiger partial charge is 0.356 e. The first-order chi connectivity index (χ1) is 32.6. The van der Waals surface area contributed by atoms with Crippen LogP contribution in [0.25, 0.3) is 0 Å². The molecule has 0 saturated heterocycles. The third-order valence-electron chi connectivity index (χ3n) is 10.2. The summed E-state index contributed by atoms with van der Waals surface area (Å²) in [6, 6.07) is 2.97. The summed E-state index contributed by atoms with van der Waals surface area (Å²) >= 11 is 0. The van der Waals surface area contributed by atoms with E-state index in [4.69, 9.17) is 5.73 Å². The third-order valence-corrected chi connectivity index (χ3v) is 10.2. The van der Waals surface area contributed by atoms with E-state index >= 15 is 0 Å². The van der Waals surface area contributed by atoms with Gasteiger partial charge in [-0.3, -0.25) is 38.4 Å². The summed E-state index contributed by atoms with van der Waals surface area (Å²) in [7, 11) is 6.41. The van der Waals surface area contributed by atoms with Crippen molar-refractivity contribution in [1.82, 2.24) is 59.1 Å². The van der Waals surface area contributed by atoms with E-state index in [1.807, 2.05) is 6.92 Å². The molecule has 0 aliphatic carbocycles. The molecule has 0 spiro atoms. The number of carbonyl (C=O) groups is 8. The Labute approximate surface area is 391 Å². The summed E-state index contributed by atoms with van der Waals surface area (Å²) in [5.74, 6) is -3.17. The number of amides is 8. The molecule has 5 heterocycles. The Hall–Kier alpha value is -8.09. The van der Waals surface area contributed by atoms with Crippen LogP contribution in [-0.2, 0) is 49.1 Å². The van der Waals surface area contributed by atoms with Crippen LogP contribution >= 0.6 is 0 Å². The molecule has 0 radical (unpaired) electrons. The minimum absolute atomic E-state index is 0.0200. The molecular weight excluding hydrogens is 883 g/mol. The number of hydrogen-bond donors (Lipinski definition) is 9. The van der Waals surface area contributed by atoms with E-state index in [1.54, 1.807) is 55.9 Å². The average Bonchev–Trinajstić information content (AvgIpc) is 4.13. The van der Waals surface area contributed by atoms with E-state index in [2.05, 4.69) is 57.5 Å². The normalized spacial score (nSPS) is 10.9. The van der Waals surface area contributed by atoms with E-state index in [9.17, 15) is 38.4 Å². The van der Waals surface area contributed by atoms with Gasteiger partial charge in [-0.25, -0.2) is 15.0 Å². The Balaban J connectivity index is 1.02. The van der Waals surface area contributed by atoms with Crippen LogP contribution in [0.4, 0.5) is 23.0 Å². The van der Waals surface area contributed by atoms with Crippen molar-refractivity contribution in [3.05, 3.63) is 78.2 Å². The van der Waals surface area contributed by atoms with Gasteiger partial charge in [0.05, 0.1) is 11.4 Å². The van der Waals surface area contributed by atoms with Crippen molar-refractivity contribution in [2.24, 2.45) is 33.9 Å². The molecule has 364 valence electrons. The lowest BCUT2D eigenvalue weighted by Gasteiger charge is -2.07. The number of hydrogen-bond acceptors (Lipinski definition) is 12. The van der Waals surface area contributed by atoms with Crippen LogP contribution in [0.3, 0.4) is 0 Å². The Kier molecular flexibility index (Phi) is 18.3. The van der Waals surface area contributed by atoms with Crippen molar-refractivity contribution in [2.45, 2.75) is 58.4 Å². The van der Waals surface area contributed by atoms with Gasteiger partial charge in [-0.15, -0.1) is 0 Å². The van der Waals surface area contributed by atoms with E-state index in [0.717, 1.165) is 25.7 Å². The Morgan fingerprint density at radius 3 is 1.53 bits per heavy atom. The monoisotopic (exact) mass is 941 g/mol. The molecule has 0 fully saturated rings. The molecule has 5 aromatic rings.